The first-order valence-electron chi connectivity index (χ1n) is 7.52. The quantitative estimate of drug-likeness (QED) is 0.781. The second-order valence-electron chi connectivity index (χ2n) is 5.83. The van der Waals surface area contributed by atoms with Gasteiger partial charge in [-0.25, -0.2) is 9.78 Å². The average molecular weight is 317 g/mol. The fourth-order valence-electron chi connectivity index (χ4n) is 3.10. The van der Waals surface area contributed by atoms with Crippen LogP contribution in [0.3, 0.4) is 0 Å². The smallest absolute Gasteiger partial charge is 0.332 e. The van der Waals surface area contributed by atoms with Crippen LogP contribution in [0.15, 0.2) is 21.9 Å². The van der Waals surface area contributed by atoms with E-state index in [1.54, 1.807) is 11.9 Å². The Morgan fingerprint density at radius 2 is 2.09 bits per heavy atom. The standard InChI is InChI=1S/C15H19N5O3/c1-18-12-11(14(22)19(2)15(18)23)6-9(8-17-12)13(21)20-5-3-4-10(20)7-16/h6,8,10H,3-5,7,16H2,1-2H3. The summed E-state index contributed by atoms with van der Waals surface area (Å²) in [5.41, 5.74) is 5.42. The number of aryl methyl sites for hydroxylation is 1. The van der Waals surface area contributed by atoms with Crippen LogP contribution in [0, 0.1) is 0 Å². The molecule has 0 bridgehead atoms. The summed E-state index contributed by atoms with van der Waals surface area (Å²) in [4.78, 5) is 42.7. The molecular formula is C15H19N5O3. The van der Waals surface area contributed by atoms with E-state index in [1.165, 1.54) is 23.9 Å². The van der Waals surface area contributed by atoms with Gasteiger partial charge in [-0.3, -0.25) is 18.7 Å². The molecule has 8 nitrogen and oxygen atoms in total. The van der Waals surface area contributed by atoms with E-state index in [-0.39, 0.29) is 23.0 Å². The van der Waals surface area contributed by atoms with Gasteiger partial charge in [0.05, 0.1) is 10.9 Å². The van der Waals surface area contributed by atoms with Gasteiger partial charge < -0.3 is 10.6 Å². The van der Waals surface area contributed by atoms with Gasteiger partial charge in [0.2, 0.25) is 0 Å². The van der Waals surface area contributed by atoms with Crippen molar-refractivity contribution in [2.75, 3.05) is 13.1 Å². The molecule has 1 fully saturated rings. The Bertz CT molecular complexity index is 898. The Kier molecular flexibility index (Phi) is 3.77. The van der Waals surface area contributed by atoms with Gasteiger partial charge in [-0.05, 0) is 18.9 Å². The first-order chi connectivity index (χ1) is 11.0. The number of carbonyl (C=O) groups is 1. The number of amides is 1. The number of nitrogens with two attached hydrogens (primary N) is 1. The van der Waals surface area contributed by atoms with Gasteiger partial charge in [-0.1, -0.05) is 0 Å². The topological polar surface area (TPSA) is 103 Å². The Morgan fingerprint density at radius 3 is 2.78 bits per heavy atom. The molecule has 1 atom stereocenters. The molecule has 2 aromatic rings. The van der Waals surface area contributed by atoms with Gasteiger partial charge in [0.15, 0.2) is 0 Å². The first kappa shape index (κ1) is 15.4. The van der Waals surface area contributed by atoms with Crippen LogP contribution in [0.1, 0.15) is 23.2 Å². The van der Waals surface area contributed by atoms with Crippen molar-refractivity contribution in [3.63, 3.8) is 0 Å². The van der Waals surface area contributed by atoms with E-state index >= 15 is 0 Å². The van der Waals surface area contributed by atoms with E-state index in [0.29, 0.717) is 18.7 Å². The number of likely N-dealkylation sites (tertiary alicyclic amines) is 1. The summed E-state index contributed by atoms with van der Waals surface area (Å²) < 4.78 is 2.31. The third kappa shape index (κ3) is 2.35. The van der Waals surface area contributed by atoms with Crippen LogP contribution in [0.2, 0.25) is 0 Å². The fourth-order valence-corrected chi connectivity index (χ4v) is 3.10. The van der Waals surface area contributed by atoms with Crippen molar-refractivity contribution in [1.29, 1.82) is 0 Å². The number of aromatic nitrogens is 3. The third-order valence-corrected chi connectivity index (χ3v) is 4.45. The van der Waals surface area contributed by atoms with E-state index in [2.05, 4.69) is 4.98 Å². The largest absolute Gasteiger partial charge is 0.334 e. The summed E-state index contributed by atoms with van der Waals surface area (Å²) in [6.07, 6.45) is 3.22. The van der Waals surface area contributed by atoms with Crippen molar-refractivity contribution in [1.82, 2.24) is 19.0 Å². The molecule has 23 heavy (non-hydrogen) atoms. The molecule has 1 aliphatic heterocycles. The van der Waals surface area contributed by atoms with Gasteiger partial charge >= 0.3 is 5.69 Å². The van der Waals surface area contributed by atoms with Gasteiger partial charge in [0, 0.05) is 39.4 Å². The summed E-state index contributed by atoms with van der Waals surface area (Å²) in [6, 6.07) is 1.54. The predicted octanol–water partition coefficient (Wildman–Crippen LogP) is -0.804. The zero-order valence-electron chi connectivity index (χ0n) is 13.2. The van der Waals surface area contributed by atoms with Crippen LogP contribution in [-0.4, -0.2) is 44.1 Å². The van der Waals surface area contributed by atoms with Gasteiger partial charge in [-0.2, -0.15) is 0 Å². The van der Waals surface area contributed by atoms with Gasteiger partial charge in [-0.15, -0.1) is 0 Å². The summed E-state index contributed by atoms with van der Waals surface area (Å²) in [5, 5.41) is 0.254. The van der Waals surface area contributed by atoms with Crippen molar-refractivity contribution < 1.29 is 4.79 Å². The maximum absolute atomic E-state index is 12.7. The molecule has 1 aliphatic rings. The van der Waals surface area contributed by atoms with E-state index in [9.17, 15) is 14.4 Å². The van der Waals surface area contributed by atoms with Crippen LogP contribution in [0.4, 0.5) is 0 Å². The number of rotatable bonds is 2. The molecule has 0 aromatic carbocycles. The Hall–Kier alpha value is -2.48. The highest BCUT2D eigenvalue weighted by atomic mass is 16.2. The molecule has 2 N–H and O–H groups in total. The molecule has 0 saturated carbocycles. The lowest BCUT2D eigenvalue weighted by molar-refractivity contribution is 0.0741. The van der Waals surface area contributed by atoms with E-state index < -0.39 is 11.2 Å². The number of hydrogen-bond donors (Lipinski definition) is 1. The van der Waals surface area contributed by atoms with Crippen molar-refractivity contribution in [3.8, 4) is 0 Å². The maximum Gasteiger partial charge on any atom is 0.332 e. The molecule has 0 spiro atoms. The lowest BCUT2D eigenvalue weighted by atomic mass is 10.1. The highest BCUT2D eigenvalue weighted by molar-refractivity contribution is 5.97. The molecule has 1 unspecified atom stereocenters. The van der Waals surface area contributed by atoms with Crippen LogP contribution >= 0.6 is 0 Å². The maximum atomic E-state index is 12.7. The zero-order chi connectivity index (χ0) is 16.7. The normalized spacial score (nSPS) is 17.9. The first-order valence-corrected chi connectivity index (χ1v) is 7.52. The lowest BCUT2D eigenvalue weighted by Gasteiger charge is -2.23. The SMILES string of the molecule is Cn1c(=O)c2cc(C(=O)N3CCCC3CN)cnc2n(C)c1=O. The van der Waals surface area contributed by atoms with Crippen LogP contribution < -0.4 is 17.0 Å². The van der Waals surface area contributed by atoms with Gasteiger partial charge in [0.25, 0.3) is 11.5 Å². The highest BCUT2D eigenvalue weighted by Gasteiger charge is 2.28. The van der Waals surface area contributed by atoms with Gasteiger partial charge in [0.1, 0.15) is 5.65 Å². The van der Waals surface area contributed by atoms with Crippen molar-refractivity contribution >= 4 is 16.9 Å². The number of fused-ring (bicyclic) bond motifs is 1. The molecule has 1 saturated heterocycles. The molecule has 0 aliphatic carbocycles. The summed E-state index contributed by atoms with van der Waals surface area (Å²) in [5.74, 6) is -0.178. The van der Waals surface area contributed by atoms with E-state index in [0.717, 1.165) is 17.4 Å². The lowest BCUT2D eigenvalue weighted by Crippen LogP contribution is -2.40. The fraction of sp³-hybridized carbons (Fsp3) is 0.467. The van der Waals surface area contributed by atoms with Crippen LogP contribution in [0.5, 0.6) is 0 Å². The van der Waals surface area contributed by atoms with Crippen molar-refractivity contribution in [3.05, 3.63) is 38.7 Å². The van der Waals surface area contributed by atoms with Crippen LogP contribution in [-0.2, 0) is 14.1 Å². The molecule has 8 heteroatoms. The second kappa shape index (κ2) is 5.62. The Morgan fingerprint density at radius 1 is 1.35 bits per heavy atom. The third-order valence-electron chi connectivity index (χ3n) is 4.45. The second-order valence-corrected chi connectivity index (χ2v) is 5.83. The van der Waals surface area contributed by atoms with Crippen LogP contribution in [0.25, 0.3) is 11.0 Å². The van der Waals surface area contributed by atoms with Crippen molar-refractivity contribution in [2.45, 2.75) is 18.9 Å². The number of nitrogens with zero attached hydrogens (tertiary/aromatic N) is 4. The molecule has 3 rings (SSSR count). The highest BCUT2D eigenvalue weighted by Crippen LogP contribution is 2.20. The molecule has 1 amide bonds. The monoisotopic (exact) mass is 317 g/mol. The van der Waals surface area contributed by atoms with E-state index in [1.807, 2.05) is 0 Å². The molecule has 122 valence electrons. The minimum Gasteiger partial charge on any atom is -0.334 e. The molecule has 0 radical (unpaired) electrons. The van der Waals surface area contributed by atoms with E-state index in [4.69, 9.17) is 5.73 Å². The summed E-state index contributed by atoms with van der Waals surface area (Å²) in [7, 11) is 2.95. The number of hydrogen-bond acceptors (Lipinski definition) is 5. The van der Waals surface area contributed by atoms with Crippen molar-refractivity contribution in [2.24, 2.45) is 19.8 Å². The Labute approximate surface area is 132 Å². The molecule has 2 aromatic heterocycles. The number of pyridine rings is 1. The minimum atomic E-state index is -0.456. The summed E-state index contributed by atoms with van der Waals surface area (Å²) >= 11 is 0. The molecule has 3 heterocycles. The number of carbonyl (C=O) groups excluding carboxylic acids is 1. The predicted molar refractivity (Wildman–Crippen MR) is 85.3 cm³/mol. The Balaban J connectivity index is 2.12. The zero-order valence-corrected chi connectivity index (χ0v) is 13.2. The minimum absolute atomic E-state index is 0.0289. The molecular weight excluding hydrogens is 298 g/mol. The average Bonchev–Trinajstić information content (AvgIpc) is 3.05. The summed E-state index contributed by atoms with van der Waals surface area (Å²) in [6.45, 7) is 1.08.